The van der Waals surface area contributed by atoms with Crippen LogP contribution >= 0.6 is 0 Å². The average Bonchev–Trinajstić information content (AvgIpc) is 3.30. The fourth-order valence-electron chi connectivity index (χ4n) is 4.35. The van der Waals surface area contributed by atoms with Gasteiger partial charge in [0.15, 0.2) is 0 Å². The van der Waals surface area contributed by atoms with Crippen molar-refractivity contribution in [3.8, 4) is 5.75 Å². The molecular formula is C24H29FO4. The van der Waals surface area contributed by atoms with Crippen molar-refractivity contribution in [3.05, 3.63) is 66.5 Å². The molecule has 2 aliphatic carbocycles. The highest BCUT2D eigenvalue weighted by Gasteiger charge is 2.42. The van der Waals surface area contributed by atoms with Crippen LogP contribution in [0.3, 0.4) is 0 Å². The highest BCUT2D eigenvalue weighted by molar-refractivity contribution is 5.66. The summed E-state index contributed by atoms with van der Waals surface area (Å²) in [5.41, 5.74) is 0. The third-order valence-electron chi connectivity index (χ3n) is 5.81. The second kappa shape index (κ2) is 10.4. The Labute approximate surface area is 171 Å². The zero-order chi connectivity index (χ0) is 20.6. The van der Waals surface area contributed by atoms with Gasteiger partial charge in [-0.05, 0) is 73.6 Å². The maximum Gasteiger partial charge on any atom is 0.303 e. The predicted molar refractivity (Wildman–Crippen MR) is 110 cm³/mol. The molecule has 0 spiro atoms. The van der Waals surface area contributed by atoms with E-state index in [0.717, 1.165) is 19.3 Å². The normalized spacial score (nSPS) is 26.6. The zero-order valence-electron chi connectivity index (χ0n) is 16.5. The number of aliphatic carboxylic acids is 1. The first-order valence-corrected chi connectivity index (χ1v) is 10.3. The molecule has 1 aromatic rings. The number of aliphatic hydroxyl groups is 1. The van der Waals surface area contributed by atoms with E-state index in [-0.39, 0.29) is 18.8 Å². The number of hydrogen-bond donors (Lipinski definition) is 2. The SMILES string of the molecule is O=C(O)CCC/C=C\C[C@@H]1[C@@H](/C=C/[C@@H](O)COc2ccc(F)cc2)[C@H]2C=C[C@@H]1C2. The number of benzene rings is 1. The summed E-state index contributed by atoms with van der Waals surface area (Å²) in [6.45, 7) is 0.132. The lowest BCUT2D eigenvalue weighted by molar-refractivity contribution is -0.137. The molecule has 0 aliphatic heterocycles. The van der Waals surface area contributed by atoms with E-state index in [1.807, 2.05) is 6.08 Å². The average molecular weight is 400 g/mol. The first-order chi connectivity index (χ1) is 14.0. The van der Waals surface area contributed by atoms with Gasteiger partial charge in [0.25, 0.3) is 0 Å². The summed E-state index contributed by atoms with van der Waals surface area (Å²) < 4.78 is 18.4. The number of fused-ring (bicyclic) bond motifs is 2. The van der Waals surface area contributed by atoms with Gasteiger partial charge in [0.05, 0.1) is 0 Å². The van der Waals surface area contributed by atoms with Gasteiger partial charge >= 0.3 is 5.97 Å². The van der Waals surface area contributed by atoms with Gasteiger partial charge in [-0.25, -0.2) is 4.39 Å². The minimum Gasteiger partial charge on any atom is -0.491 e. The smallest absolute Gasteiger partial charge is 0.303 e. The first kappa shape index (κ1) is 21.3. The summed E-state index contributed by atoms with van der Waals surface area (Å²) >= 11 is 0. The molecule has 0 unspecified atom stereocenters. The quantitative estimate of drug-likeness (QED) is 0.415. The Balaban J connectivity index is 1.47. The van der Waals surface area contributed by atoms with Crippen molar-refractivity contribution in [2.75, 3.05) is 6.61 Å². The largest absolute Gasteiger partial charge is 0.491 e. The van der Waals surface area contributed by atoms with Crippen LogP contribution in [0.15, 0.2) is 60.7 Å². The molecule has 2 bridgehead atoms. The second-order valence-electron chi connectivity index (χ2n) is 7.90. The Hall–Kier alpha value is -2.40. The summed E-state index contributed by atoms with van der Waals surface area (Å²) in [6.07, 6.45) is 15.9. The Morgan fingerprint density at radius 1 is 1.21 bits per heavy atom. The molecular weight excluding hydrogens is 371 g/mol. The maximum atomic E-state index is 12.9. The number of carbonyl (C=O) groups is 1. The first-order valence-electron chi connectivity index (χ1n) is 10.3. The molecule has 1 aromatic carbocycles. The lowest BCUT2D eigenvalue weighted by atomic mass is 9.80. The van der Waals surface area contributed by atoms with Gasteiger partial charge in [0.2, 0.25) is 0 Å². The molecule has 0 aromatic heterocycles. The Bertz CT molecular complexity index is 753. The van der Waals surface area contributed by atoms with E-state index in [1.165, 1.54) is 12.1 Å². The maximum absolute atomic E-state index is 12.9. The number of carboxylic acids is 1. The van der Waals surface area contributed by atoms with Crippen LogP contribution in [0.2, 0.25) is 0 Å². The lowest BCUT2D eigenvalue weighted by Gasteiger charge is -2.25. The molecule has 2 N–H and O–H groups in total. The Kier molecular flexibility index (Phi) is 7.64. The fraction of sp³-hybridized carbons (Fsp3) is 0.458. The van der Waals surface area contributed by atoms with Crippen molar-refractivity contribution in [2.45, 2.75) is 38.2 Å². The van der Waals surface area contributed by atoms with Crippen LogP contribution < -0.4 is 4.74 Å². The molecule has 5 heteroatoms. The Morgan fingerprint density at radius 2 is 1.97 bits per heavy atom. The van der Waals surface area contributed by atoms with Gasteiger partial charge in [0.1, 0.15) is 24.3 Å². The molecule has 156 valence electrons. The van der Waals surface area contributed by atoms with E-state index < -0.39 is 12.1 Å². The summed E-state index contributed by atoms with van der Waals surface area (Å²) in [7, 11) is 0. The Morgan fingerprint density at radius 3 is 2.72 bits per heavy atom. The van der Waals surface area contributed by atoms with Crippen molar-refractivity contribution in [3.63, 3.8) is 0 Å². The minimum absolute atomic E-state index is 0.132. The van der Waals surface area contributed by atoms with E-state index in [2.05, 4.69) is 30.4 Å². The van der Waals surface area contributed by atoms with Crippen LogP contribution in [0.25, 0.3) is 0 Å². The van der Waals surface area contributed by atoms with Crippen molar-refractivity contribution in [1.82, 2.24) is 0 Å². The molecule has 1 saturated carbocycles. The predicted octanol–water partition coefficient (Wildman–Crippen LogP) is 4.76. The van der Waals surface area contributed by atoms with Crippen LogP contribution in [-0.4, -0.2) is 28.9 Å². The molecule has 0 heterocycles. The molecule has 3 rings (SSSR count). The van der Waals surface area contributed by atoms with E-state index >= 15 is 0 Å². The van der Waals surface area contributed by atoms with Gasteiger partial charge in [-0.1, -0.05) is 36.5 Å². The van der Waals surface area contributed by atoms with Gasteiger partial charge in [-0.15, -0.1) is 0 Å². The summed E-state index contributed by atoms with van der Waals surface area (Å²) in [5, 5.41) is 18.9. The number of carboxylic acid groups (broad SMARTS) is 1. The number of unbranched alkanes of at least 4 members (excludes halogenated alkanes) is 1. The van der Waals surface area contributed by atoms with Gasteiger partial charge in [-0.2, -0.15) is 0 Å². The van der Waals surface area contributed by atoms with E-state index in [9.17, 15) is 14.3 Å². The fourth-order valence-corrected chi connectivity index (χ4v) is 4.35. The van der Waals surface area contributed by atoms with Crippen molar-refractivity contribution < 1.29 is 24.1 Å². The van der Waals surface area contributed by atoms with Crippen LogP contribution in [0.4, 0.5) is 4.39 Å². The monoisotopic (exact) mass is 400 g/mol. The van der Waals surface area contributed by atoms with Crippen LogP contribution in [0.5, 0.6) is 5.75 Å². The van der Waals surface area contributed by atoms with E-state index in [0.29, 0.717) is 35.8 Å². The van der Waals surface area contributed by atoms with E-state index in [4.69, 9.17) is 9.84 Å². The molecule has 2 aliphatic rings. The van der Waals surface area contributed by atoms with Crippen molar-refractivity contribution in [2.24, 2.45) is 23.7 Å². The molecule has 29 heavy (non-hydrogen) atoms. The standard InChI is InChI=1S/C24H29FO4/c25-19-9-12-21(13-10-19)29-16-20(26)11-14-23-18-8-7-17(15-18)22(23)5-3-1-2-4-6-24(27)28/h1,3,7-14,17-18,20,22-23,26H,2,4-6,15-16H2,(H,27,28)/b3-1-,14-11+/t17-,18+,20-,22+,23+/m1/s1. The van der Waals surface area contributed by atoms with E-state index in [1.54, 1.807) is 12.1 Å². The molecule has 4 nitrogen and oxygen atoms in total. The van der Waals surface area contributed by atoms with Gasteiger partial charge < -0.3 is 14.9 Å². The molecule has 1 fully saturated rings. The van der Waals surface area contributed by atoms with Crippen LogP contribution in [0, 0.1) is 29.5 Å². The number of ether oxygens (including phenoxy) is 1. The summed E-state index contributed by atoms with van der Waals surface area (Å²) in [6, 6.07) is 5.76. The molecule has 0 saturated heterocycles. The van der Waals surface area contributed by atoms with Gasteiger partial charge in [0, 0.05) is 6.42 Å². The van der Waals surface area contributed by atoms with Crippen molar-refractivity contribution >= 4 is 5.97 Å². The number of halogens is 1. The number of allylic oxidation sites excluding steroid dienone is 5. The summed E-state index contributed by atoms with van der Waals surface area (Å²) in [5.74, 6) is 1.48. The third kappa shape index (κ3) is 6.29. The minimum atomic E-state index is -0.746. The highest BCUT2D eigenvalue weighted by Crippen LogP contribution is 2.50. The number of hydrogen-bond acceptors (Lipinski definition) is 3. The highest BCUT2D eigenvalue weighted by atomic mass is 19.1. The number of rotatable bonds is 11. The second-order valence-corrected chi connectivity index (χ2v) is 7.90. The van der Waals surface area contributed by atoms with Crippen molar-refractivity contribution in [1.29, 1.82) is 0 Å². The molecule has 0 amide bonds. The lowest BCUT2D eigenvalue weighted by Crippen LogP contribution is -2.19. The molecule has 0 radical (unpaired) electrons. The van der Waals surface area contributed by atoms with Crippen LogP contribution in [-0.2, 0) is 4.79 Å². The molecule has 5 atom stereocenters. The third-order valence-corrected chi connectivity index (χ3v) is 5.81. The number of aliphatic hydroxyl groups excluding tert-OH is 1. The van der Waals surface area contributed by atoms with Gasteiger partial charge in [-0.3, -0.25) is 4.79 Å². The van der Waals surface area contributed by atoms with Crippen LogP contribution in [0.1, 0.15) is 32.1 Å². The topological polar surface area (TPSA) is 66.8 Å². The zero-order valence-corrected chi connectivity index (χ0v) is 16.5. The summed E-state index contributed by atoms with van der Waals surface area (Å²) in [4.78, 5) is 10.6.